The number of aliphatic carboxylic acids is 1. The number of nitrogens with one attached hydrogen (secondary N) is 2. The molecule has 2 aliphatic heterocycles. The van der Waals surface area contributed by atoms with Crippen LogP contribution in [0.5, 0.6) is 5.75 Å². The van der Waals surface area contributed by atoms with Gasteiger partial charge in [-0.25, -0.2) is 9.78 Å². The number of pyridine rings is 1. The topological polar surface area (TPSA) is 101 Å². The summed E-state index contributed by atoms with van der Waals surface area (Å²) >= 11 is 0. The van der Waals surface area contributed by atoms with Crippen molar-refractivity contribution in [2.45, 2.75) is 76.2 Å². The van der Waals surface area contributed by atoms with E-state index in [9.17, 15) is 14.7 Å². The highest BCUT2D eigenvalue weighted by atomic mass is 16.5. The number of unbranched alkanes of at least 4 members (excludes halogenated alkanes) is 4. The van der Waals surface area contributed by atoms with E-state index in [1.807, 2.05) is 24.3 Å². The first-order chi connectivity index (χ1) is 16.6. The van der Waals surface area contributed by atoms with Gasteiger partial charge in [0.25, 0.3) is 0 Å². The van der Waals surface area contributed by atoms with E-state index < -0.39 is 12.0 Å². The summed E-state index contributed by atoms with van der Waals surface area (Å²) in [4.78, 5) is 29.3. The van der Waals surface area contributed by atoms with Gasteiger partial charge in [0.1, 0.15) is 17.6 Å². The number of hydrogen-bond donors (Lipinski definition) is 3. The number of benzene rings is 1. The summed E-state index contributed by atoms with van der Waals surface area (Å²) in [5.41, 5.74) is 3.28. The molecule has 2 aliphatic rings. The summed E-state index contributed by atoms with van der Waals surface area (Å²) in [5.74, 6) is 0.201. The molecule has 0 fully saturated rings. The van der Waals surface area contributed by atoms with Crippen LogP contribution in [0.1, 0.15) is 74.1 Å². The minimum atomic E-state index is -0.971. The quantitative estimate of drug-likeness (QED) is 0.424. The molecule has 1 aromatic carbocycles. The Balaban J connectivity index is 1.15. The maximum absolute atomic E-state index is 12.8. The van der Waals surface area contributed by atoms with E-state index >= 15 is 0 Å². The molecule has 7 nitrogen and oxygen atoms in total. The molecule has 0 aliphatic carbocycles. The second kappa shape index (κ2) is 11.9. The van der Waals surface area contributed by atoms with Crippen LogP contribution in [0, 0.1) is 0 Å². The molecule has 0 spiro atoms. The number of para-hydroxylation sites is 1. The number of aromatic nitrogens is 1. The van der Waals surface area contributed by atoms with Crippen molar-refractivity contribution in [1.29, 1.82) is 0 Å². The highest BCUT2D eigenvalue weighted by Crippen LogP contribution is 2.33. The third-order valence-corrected chi connectivity index (χ3v) is 6.77. The van der Waals surface area contributed by atoms with Crippen molar-refractivity contribution < 1.29 is 19.4 Å². The number of ether oxygens (including phenoxy) is 1. The number of carbonyl (C=O) groups excluding carboxylic acids is 1. The summed E-state index contributed by atoms with van der Waals surface area (Å²) in [5, 5.41) is 15.8. The fourth-order valence-corrected chi connectivity index (χ4v) is 4.84. The van der Waals surface area contributed by atoms with Crippen LogP contribution in [0.2, 0.25) is 0 Å². The molecule has 2 atom stereocenters. The van der Waals surface area contributed by atoms with Crippen LogP contribution >= 0.6 is 0 Å². The van der Waals surface area contributed by atoms with Gasteiger partial charge in [0.2, 0.25) is 5.91 Å². The fraction of sp³-hybridized carbons (Fsp3) is 0.519. The predicted molar refractivity (Wildman–Crippen MR) is 131 cm³/mol. The maximum Gasteiger partial charge on any atom is 0.326 e. The zero-order chi connectivity index (χ0) is 23.8. The van der Waals surface area contributed by atoms with Gasteiger partial charge in [-0.2, -0.15) is 0 Å². The standard InChI is InChI=1S/C27H35N3O4/c31-26(22-16-18-34-24-13-7-6-11-21(22)24)30-23(27(32)33)12-5-3-1-2-4-10-20-15-14-19-9-8-17-28-25(19)29-20/h6-7,11,13-15,22-23H,1-5,8-10,12,16-18H2,(H,28,29)(H,30,31)(H,32,33)/t22-,23?/m1/s1. The monoisotopic (exact) mass is 465 g/mol. The van der Waals surface area contributed by atoms with Gasteiger partial charge < -0.3 is 20.5 Å². The zero-order valence-electron chi connectivity index (χ0n) is 19.7. The largest absolute Gasteiger partial charge is 0.493 e. The smallest absolute Gasteiger partial charge is 0.326 e. The first-order valence-electron chi connectivity index (χ1n) is 12.6. The van der Waals surface area contributed by atoms with Gasteiger partial charge in [-0.15, -0.1) is 0 Å². The average Bonchev–Trinajstić information content (AvgIpc) is 2.86. The second-order valence-electron chi connectivity index (χ2n) is 9.27. The Bertz CT molecular complexity index is 994. The Morgan fingerprint density at radius 3 is 2.82 bits per heavy atom. The SMILES string of the molecule is O=C(O)C(CCCCCCCc1ccc2c(n1)NCCC2)NC(=O)[C@@H]1CCOc2ccccc21. The lowest BCUT2D eigenvalue weighted by Gasteiger charge is -2.26. The number of aryl methyl sites for hydroxylation is 2. The Morgan fingerprint density at radius 1 is 1.12 bits per heavy atom. The first-order valence-corrected chi connectivity index (χ1v) is 12.6. The van der Waals surface area contributed by atoms with Crippen molar-refractivity contribution >= 4 is 17.7 Å². The average molecular weight is 466 g/mol. The van der Waals surface area contributed by atoms with Crippen LogP contribution in [0.15, 0.2) is 36.4 Å². The van der Waals surface area contributed by atoms with Crippen molar-refractivity contribution in [3.63, 3.8) is 0 Å². The normalized spacial score (nSPS) is 17.5. The van der Waals surface area contributed by atoms with Crippen LogP contribution in [0.25, 0.3) is 0 Å². The van der Waals surface area contributed by atoms with E-state index in [0.717, 1.165) is 68.6 Å². The molecular formula is C27H35N3O4. The van der Waals surface area contributed by atoms with E-state index in [-0.39, 0.29) is 11.8 Å². The van der Waals surface area contributed by atoms with Crippen LogP contribution in [0.3, 0.4) is 0 Å². The summed E-state index contributed by atoms with van der Waals surface area (Å²) in [6, 6.07) is 11.0. The lowest BCUT2D eigenvalue weighted by Crippen LogP contribution is -2.43. The summed E-state index contributed by atoms with van der Waals surface area (Å²) in [6.07, 6.45) is 9.21. The number of carbonyl (C=O) groups is 2. The van der Waals surface area contributed by atoms with Crippen molar-refractivity contribution in [3.8, 4) is 5.75 Å². The van der Waals surface area contributed by atoms with Crippen LogP contribution in [0.4, 0.5) is 5.82 Å². The van der Waals surface area contributed by atoms with Crippen molar-refractivity contribution in [2.24, 2.45) is 0 Å². The van der Waals surface area contributed by atoms with Gasteiger partial charge in [-0.05, 0) is 56.2 Å². The molecule has 0 saturated heterocycles. The molecule has 0 saturated carbocycles. The molecule has 3 heterocycles. The molecule has 34 heavy (non-hydrogen) atoms. The number of fused-ring (bicyclic) bond motifs is 2. The summed E-state index contributed by atoms with van der Waals surface area (Å²) in [7, 11) is 0. The van der Waals surface area contributed by atoms with Crippen molar-refractivity contribution in [3.05, 3.63) is 53.2 Å². The van der Waals surface area contributed by atoms with Gasteiger partial charge in [0.15, 0.2) is 0 Å². The minimum absolute atomic E-state index is 0.227. The summed E-state index contributed by atoms with van der Waals surface area (Å²) < 4.78 is 5.62. The number of nitrogens with zero attached hydrogens (tertiary/aromatic N) is 1. The lowest BCUT2D eigenvalue weighted by molar-refractivity contribution is -0.142. The Kier molecular flexibility index (Phi) is 8.39. The number of carboxylic acids is 1. The fourth-order valence-electron chi connectivity index (χ4n) is 4.84. The van der Waals surface area contributed by atoms with Crippen LogP contribution in [-0.4, -0.2) is 41.2 Å². The lowest BCUT2D eigenvalue weighted by atomic mass is 9.92. The molecule has 4 rings (SSSR count). The molecule has 1 aromatic heterocycles. The van der Waals surface area contributed by atoms with Gasteiger partial charge in [0.05, 0.1) is 12.5 Å². The molecule has 3 N–H and O–H groups in total. The van der Waals surface area contributed by atoms with Crippen LogP contribution in [-0.2, 0) is 22.4 Å². The van der Waals surface area contributed by atoms with E-state index in [1.165, 1.54) is 12.0 Å². The first kappa shape index (κ1) is 24.0. The van der Waals surface area contributed by atoms with Gasteiger partial charge in [0, 0.05) is 17.8 Å². The maximum atomic E-state index is 12.8. The van der Waals surface area contributed by atoms with Gasteiger partial charge >= 0.3 is 5.97 Å². The Labute approximate surface area is 201 Å². The summed E-state index contributed by atoms with van der Waals surface area (Å²) in [6.45, 7) is 1.47. The number of anilines is 1. The molecular weight excluding hydrogens is 430 g/mol. The second-order valence-corrected chi connectivity index (χ2v) is 9.27. The van der Waals surface area contributed by atoms with E-state index in [0.29, 0.717) is 25.2 Å². The Hall–Kier alpha value is -3.09. The zero-order valence-corrected chi connectivity index (χ0v) is 19.7. The van der Waals surface area contributed by atoms with Crippen molar-refractivity contribution in [2.75, 3.05) is 18.5 Å². The molecule has 0 radical (unpaired) electrons. The van der Waals surface area contributed by atoms with Crippen LogP contribution < -0.4 is 15.4 Å². The Morgan fingerprint density at radius 2 is 1.94 bits per heavy atom. The van der Waals surface area contributed by atoms with Gasteiger partial charge in [-0.3, -0.25) is 4.79 Å². The molecule has 1 amide bonds. The van der Waals surface area contributed by atoms with E-state index in [1.54, 1.807) is 0 Å². The molecule has 1 unspecified atom stereocenters. The third kappa shape index (κ3) is 6.27. The third-order valence-electron chi connectivity index (χ3n) is 6.77. The van der Waals surface area contributed by atoms with Crippen molar-refractivity contribution in [1.82, 2.24) is 10.3 Å². The minimum Gasteiger partial charge on any atom is -0.493 e. The highest BCUT2D eigenvalue weighted by molar-refractivity contribution is 5.88. The molecule has 7 heteroatoms. The number of rotatable bonds is 11. The van der Waals surface area contributed by atoms with E-state index in [4.69, 9.17) is 9.72 Å². The number of amides is 1. The number of hydrogen-bond acceptors (Lipinski definition) is 5. The molecule has 0 bridgehead atoms. The van der Waals surface area contributed by atoms with E-state index in [2.05, 4.69) is 22.8 Å². The predicted octanol–water partition coefficient (Wildman–Crippen LogP) is 4.46. The molecule has 182 valence electrons. The van der Waals surface area contributed by atoms with Gasteiger partial charge in [-0.1, -0.05) is 49.9 Å². The highest BCUT2D eigenvalue weighted by Gasteiger charge is 2.30. The molecule has 2 aromatic rings. The number of carboxylic acid groups (broad SMARTS) is 1.